The molecule has 1 N–H and O–H groups in total. The Balaban J connectivity index is 1.47. The summed E-state index contributed by atoms with van der Waals surface area (Å²) in [5.41, 5.74) is 0.588. The first-order valence-electron chi connectivity index (χ1n) is 9.28. The van der Waals surface area contributed by atoms with E-state index < -0.39 is 0 Å². The van der Waals surface area contributed by atoms with Gasteiger partial charge >= 0.3 is 5.69 Å². The largest absolute Gasteiger partial charge is 0.363 e. The number of rotatable bonds is 8. The van der Waals surface area contributed by atoms with E-state index in [1.54, 1.807) is 22.8 Å². The summed E-state index contributed by atoms with van der Waals surface area (Å²) >= 11 is 0. The van der Waals surface area contributed by atoms with Crippen molar-refractivity contribution in [3.63, 3.8) is 0 Å². The molecule has 0 aliphatic carbocycles. The van der Waals surface area contributed by atoms with Gasteiger partial charge in [-0.25, -0.2) is 4.52 Å². The monoisotopic (exact) mass is 346 g/mol. The van der Waals surface area contributed by atoms with Gasteiger partial charge in [-0.2, -0.15) is 0 Å². The van der Waals surface area contributed by atoms with Crippen molar-refractivity contribution in [2.24, 2.45) is 0 Å². The van der Waals surface area contributed by atoms with Gasteiger partial charge in [-0.3, -0.25) is 10.1 Å². The van der Waals surface area contributed by atoms with E-state index in [1.165, 1.54) is 49.8 Å². The van der Waals surface area contributed by atoms with Crippen molar-refractivity contribution in [1.82, 2.24) is 9.61 Å². The van der Waals surface area contributed by atoms with E-state index in [0.29, 0.717) is 17.9 Å². The van der Waals surface area contributed by atoms with Gasteiger partial charge < -0.3 is 9.80 Å². The second-order valence-electron chi connectivity index (χ2n) is 7.32. The number of aromatic nitrogens is 2. The van der Waals surface area contributed by atoms with E-state index in [9.17, 15) is 10.1 Å². The number of likely N-dealkylation sites (tertiary alicyclic amines) is 1. The van der Waals surface area contributed by atoms with Crippen LogP contribution in [0.25, 0.3) is 5.52 Å². The van der Waals surface area contributed by atoms with Gasteiger partial charge in [0, 0.05) is 12.7 Å². The molecule has 0 bridgehead atoms. The molecule has 1 aliphatic heterocycles. The average Bonchev–Trinajstić information content (AvgIpc) is 2.97. The lowest BCUT2D eigenvalue weighted by Crippen LogP contribution is -2.48. The first-order valence-corrected chi connectivity index (χ1v) is 9.28. The maximum Gasteiger partial charge on any atom is 0.338 e. The summed E-state index contributed by atoms with van der Waals surface area (Å²) in [6.45, 7) is 4.58. The molecule has 0 aromatic carbocycles. The molecule has 0 unspecified atom stereocenters. The Morgan fingerprint density at radius 3 is 2.80 bits per heavy atom. The highest BCUT2D eigenvalue weighted by molar-refractivity contribution is 5.76. The van der Waals surface area contributed by atoms with Crippen molar-refractivity contribution in [1.29, 1.82) is 0 Å². The van der Waals surface area contributed by atoms with E-state index in [4.69, 9.17) is 0 Å². The Labute approximate surface area is 148 Å². The molecule has 2 aromatic rings. The first-order chi connectivity index (χ1) is 12.1. The predicted molar refractivity (Wildman–Crippen MR) is 98.8 cm³/mol. The highest BCUT2D eigenvalue weighted by Crippen LogP contribution is 2.28. The van der Waals surface area contributed by atoms with Gasteiger partial charge in [0.05, 0.1) is 31.6 Å². The maximum atomic E-state index is 11.4. The molecule has 1 aliphatic rings. The Bertz CT molecular complexity index is 721. The van der Waals surface area contributed by atoms with Crippen molar-refractivity contribution in [3.05, 3.63) is 34.5 Å². The summed E-state index contributed by atoms with van der Waals surface area (Å²) in [4.78, 5) is 11.0. The van der Waals surface area contributed by atoms with Gasteiger partial charge in [0.2, 0.25) is 5.82 Å². The standard InChI is InChI=1S/C18H28N5O2/c1-23(14-8-3-9-15-23)13-7-2-5-11-19-18-17(22(24)25)16-10-4-6-12-21(16)20-18/h4,6,10,12H,2-3,5,7-9,11,13-15H2,1H3,(H,19,20)/q+1. The fourth-order valence-electron chi connectivity index (χ4n) is 3.79. The van der Waals surface area contributed by atoms with Crippen molar-refractivity contribution in [2.75, 3.05) is 38.5 Å². The molecule has 136 valence electrons. The Morgan fingerprint density at radius 2 is 2.04 bits per heavy atom. The zero-order valence-corrected chi connectivity index (χ0v) is 15.0. The number of pyridine rings is 1. The molecule has 3 heterocycles. The van der Waals surface area contributed by atoms with Crippen LogP contribution in [0.5, 0.6) is 0 Å². The lowest BCUT2D eigenvalue weighted by atomic mass is 10.1. The Hall–Kier alpha value is -2.15. The van der Waals surface area contributed by atoms with E-state index in [0.717, 1.165) is 12.8 Å². The molecule has 1 saturated heterocycles. The fraction of sp³-hybridized carbons (Fsp3) is 0.611. The van der Waals surface area contributed by atoms with Crippen molar-refractivity contribution < 1.29 is 9.41 Å². The number of nitro groups is 1. The number of hydrogen-bond acceptors (Lipinski definition) is 4. The fourth-order valence-corrected chi connectivity index (χ4v) is 3.79. The van der Waals surface area contributed by atoms with Crippen LogP contribution >= 0.6 is 0 Å². The summed E-state index contributed by atoms with van der Waals surface area (Å²) in [6, 6.07) is 5.33. The van der Waals surface area contributed by atoms with Crippen LogP contribution in [0.4, 0.5) is 11.5 Å². The van der Waals surface area contributed by atoms with Crippen LogP contribution < -0.4 is 5.32 Å². The van der Waals surface area contributed by atoms with Crippen molar-refractivity contribution in [3.8, 4) is 0 Å². The average molecular weight is 346 g/mol. The molecule has 0 saturated carbocycles. The molecule has 0 spiro atoms. The molecule has 7 nitrogen and oxygen atoms in total. The summed E-state index contributed by atoms with van der Waals surface area (Å²) in [6.07, 6.45) is 9.19. The minimum Gasteiger partial charge on any atom is -0.363 e. The number of nitrogens with zero attached hydrogens (tertiary/aromatic N) is 4. The quantitative estimate of drug-likeness (QED) is 0.344. The van der Waals surface area contributed by atoms with E-state index in [1.807, 2.05) is 6.07 Å². The maximum absolute atomic E-state index is 11.4. The van der Waals surface area contributed by atoms with Crippen LogP contribution in [0.2, 0.25) is 0 Å². The van der Waals surface area contributed by atoms with E-state index in [2.05, 4.69) is 17.5 Å². The summed E-state index contributed by atoms with van der Waals surface area (Å²) in [5, 5.41) is 18.8. The number of hydrogen-bond donors (Lipinski definition) is 1. The third-order valence-electron chi connectivity index (χ3n) is 5.26. The summed E-state index contributed by atoms with van der Waals surface area (Å²) < 4.78 is 2.77. The highest BCUT2D eigenvalue weighted by Gasteiger charge is 2.24. The van der Waals surface area contributed by atoms with Gasteiger partial charge in [-0.05, 0) is 50.7 Å². The molecular weight excluding hydrogens is 318 g/mol. The SMILES string of the molecule is C[N+]1(CCCCCNc2nn3ccccc3c2[N+](=O)[O-])CCCCC1. The molecule has 0 atom stereocenters. The summed E-state index contributed by atoms with van der Waals surface area (Å²) in [7, 11) is 2.37. The number of unbranched alkanes of at least 4 members (excludes halogenated alkanes) is 2. The van der Waals surface area contributed by atoms with Gasteiger partial charge in [0.15, 0.2) is 0 Å². The summed E-state index contributed by atoms with van der Waals surface area (Å²) in [5.74, 6) is 0.367. The minimum atomic E-state index is -0.355. The zero-order valence-electron chi connectivity index (χ0n) is 15.0. The smallest absolute Gasteiger partial charge is 0.338 e. The van der Waals surface area contributed by atoms with Crippen LogP contribution in [0.15, 0.2) is 24.4 Å². The topological polar surface area (TPSA) is 72.5 Å². The predicted octanol–water partition coefficient (Wildman–Crippen LogP) is 3.46. The lowest BCUT2D eigenvalue weighted by Gasteiger charge is -2.37. The molecule has 0 amide bonds. The van der Waals surface area contributed by atoms with Crippen LogP contribution in [-0.4, -0.2) is 52.2 Å². The van der Waals surface area contributed by atoms with Crippen LogP contribution in [-0.2, 0) is 0 Å². The molecular formula is C18H28N5O2+. The molecule has 0 radical (unpaired) electrons. The van der Waals surface area contributed by atoms with Gasteiger partial charge in [0.25, 0.3) is 0 Å². The molecule has 7 heteroatoms. The number of anilines is 1. The molecule has 2 aromatic heterocycles. The zero-order chi connectivity index (χ0) is 17.7. The third kappa shape index (κ3) is 4.28. The first kappa shape index (κ1) is 17.7. The normalized spacial score (nSPS) is 16.8. The second kappa shape index (κ2) is 7.82. The van der Waals surface area contributed by atoms with E-state index >= 15 is 0 Å². The Kier molecular flexibility index (Phi) is 5.53. The van der Waals surface area contributed by atoms with Gasteiger partial charge in [-0.15, -0.1) is 5.10 Å². The van der Waals surface area contributed by atoms with Crippen LogP contribution in [0.3, 0.4) is 0 Å². The van der Waals surface area contributed by atoms with Crippen LogP contribution in [0.1, 0.15) is 38.5 Å². The molecule has 3 rings (SSSR count). The third-order valence-corrected chi connectivity index (χ3v) is 5.26. The lowest BCUT2D eigenvalue weighted by molar-refractivity contribution is -0.914. The minimum absolute atomic E-state index is 0.0620. The molecule has 25 heavy (non-hydrogen) atoms. The Morgan fingerprint density at radius 1 is 1.24 bits per heavy atom. The van der Waals surface area contributed by atoms with Gasteiger partial charge in [0.1, 0.15) is 5.52 Å². The number of piperidine rings is 1. The number of quaternary nitrogens is 1. The number of nitrogens with one attached hydrogen (secondary N) is 1. The number of fused-ring (bicyclic) bond motifs is 1. The van der Waals surface area contributed by atoms with Crippen molar-refractivity contribution >= 4 is 17.0 Å². The van der Waals surface area contributed by atoms with E-state index in [-0.39, 0.29) is 10.6 Å². The second-order valence-corrected chi connectivity index (χ2v) is 7.32. The van der Waals surface area contributed by atoms with Gasteiger partial charge in [-0.1, -0.05) is 6.07 Å². The highest BCUT2D eigenvalue weighted by atomic mass is 16.6. The van der Waals surface area contributed by atoms with Crippen LogP contribution in [0, 0.1) is 10.1 Å². The van der Waals surface area contributed by atoms with Crippen molar-refractivity contribution in [2.45, 2.75) is 38.5 Å². The molecule has 1 fully saturated rings.